The molecule has 4 aromatic rings. The molecule has 24 heavy (non-hydrogen) atoms. The Hall–Kier alpha value is -2.12. The number of benzene rings is 3. The topological polar surface area (TPSA) is 0 Å². The van der Waals surface area contributed by atoms with Crippen LogP contribution in [0.25, 0.3) is 31.3 Å². The zero-order valence-corrected chi connectivity index (χ0v) is 15.5. The van der Waals surface area contributed by atoms with Crippen LogP contribution in [0.15, 0.2) is 60.7 Å². The fourth-order valence-corrected chi connectivity index (χ4v) is 4.93. The van der Waals surface area contributed by atoms with Gasteiger partial charge in [0.2, 0.25) is 0 Å². The third kappa shape index (κ3) is 2.35. The maximum absolute atomic E-state index is 2.29. The SMILES string of the molecule is Cc1c(-c2cccc3c2sc2ccccc23)cccc1C(C)(C)C. The molecule has 0 aliphatic rings. The minimum atomic E-state index is 0.161. The Morgan fingerprint density at radius 3 is 2.17 bits per heavy atom. The molecule has 0 bridgehead atoms. The molecule has 0 amide bonds. The van der Waals surface area contributed by atoms with E-state index in [1.807, 2.05) is 11.3 Å². The molecule has 0 spiro atoms. The molecule has 0 fully saturated rings. The van der Waals surface area contributed by atoms with Gasteiger partial charge in [0.25, 0.3) is 0 Å². The Morgan fingerprint density at radius 1 is 0.708 bits per heavy atom. The summed E-state index contributed by atoms with van der Waals surface area (Å²) in [6.07, 6.45) is 0. The standard InChI is InChI=1S/C23H22S/c1-15-16(10-8-13-20(15)23(2,3)4)18-11-7-12-19-17-9-5-6-14-21(17)24-22(18)19/h5-14H,1-4H3. The van der Waals surface area contributed by atoms with E-state index in [-0.39, 0.29) is 5.41 Å². The number of hydrogen-bond donors (Lipinski definition) is 0. The maximum Gasteiger partial charge on any atom is 0.0433 e. The summed E-state index contributed by atoms with van der Waals surface area (Å²) >= 11 is 1.91. The van der Waals surface area contributed by atoms with Gasteiger partial charge in [0.15, 0.2) is 0 Å². The first-order valence-corrected chi connectivity index (χ1v) is 9.29. The highest BCUT2D eigenvalue weighted by Crippen LogP contribution is 2.41. The second kappa shape index (κ2) is 5.46. The van der Waals surface area contributed by atoms with Crippen LogP contribution in [0.5, 0.6) is 0 Å². The van der Waals surface area contributed by atoms with Gasteiger partial charge >= 0.3 is 0 Å². The molecule has 0 unspecified atom stereocenters. The van der Waals surface area contributed by atoms with E-state index in [0.29, 0.717) is 0 Å². The summed E-state index contributed by atoms with van der Waals surface area (Å²) in [5, 5.41) is 2.73. The first-order chi connectivity index (χ1) is 11.5. The van der Waals surface area contributed by atoms with Crippen LogP contribution in [-0.2, 0) is 5.41 Å². The number of thiophene rings is 1. The fraction of sp³-hybridized carbons (Fsp3) is 0.217. The van der Waals surface area contributed by atoms with Gasteiger partial charge in [-0.2, -0.15) is 0 Å². The summed E-state index contributed by atoms with van der Waals surface area (Å²) in [7, 11) is 0. The minimum Gasteiger partial charge on any atom is -0.135 e. The highest BCUT2D eigenvalue weighted by Gasteiger charge is 2.19. The Kier molecular flexibility index (Phi) is 3.51. The van der Waals surface area contributed by atoms with Crippen LogP contribution >= 0.6 is 11.3 Å². The summed E-state index contributed by atoms with van der Waals surface area (Å²) in [6.45, 7) is 9.14. The highest BCUT2D eigenvalue weighted by atomic mass is 32.1. The molecule has 0 saturated carbocycles. The fourth-order valence-electron chi connectivity index (χ4n) is 3.70. The van der Waals surface area contributed by atoms with Crippen molar-refractivity contribution in [1.29, 1.82) is 0 Å². The smallest absolute Gasteiger partial charge is 0.0433 e. The molecule has 120 valence electrons. The first kappa shape index (κ1) is 15.4. The van der Waals surface area contributed by atoms with Crippen LogP contribution in [0.2, 0.25) is 0 Å². The van der Waals surface area contributed by atoms with E-state index in [4.69, 9.17) is 0 Å². The molecule has 0 aliphatic heterocycles. The van der Waals surface area contributed by atoms with Crippen LogP contribution in [0.3, 0.4) is 0 Å². The predicted octanol–water partition coefficient (Wildman–Crippen LogP) is 7.33. The Bertz CT molecular complexity index is 1040. The van der Waals surface area contributed by atoms with E-state index in [2.05, 4.69) is 88.4 Å². The van der Waals surface area contributed by atoms with Crippen molar-refractivity contribution in [2.45, 2.75) is 33.1 Å². The van der Waals surface area contributed by atoms with E-state index in [0.717, 1.165) is 0 Å². The van der Waals surface area contributed by atoms with Gasteiger partial charge in [0.05, 0.1) is 0 Å². The lowest BCUT2D eigenvalue weighted by molar-refractivity contribution is 0.586. The molecule has 1 heteroatoms. The second-order valence-corrected chi connectivity index (χ2v) is 8.56. The van der Waals surface area contributed by atoms with Crippen molar-refractivity contribution < 1.29 is 0 Å². The van der Waals surface area contributed by atoms with Crippen LogP contribution < -0.4 is 0 Å². The van der Waals surface area contributed by atoms with Gasteiger partial charge in [-0.3, -0.25) is 0 Å². The lowest BCUT2D eigenvalue weighted by atomic mass is 9.81. The van der Waals surface area contributed by atoms with Gasteiger partial charge in [-0.1, -0.05) is 75.4 Å². The summed E-state index contributed by atoms with van der Waals surface area (Å²) in [5.74, 6) is 0. The van der Waals surface area contributed by atoms with Gasteiger partial charge in [0, 0.05) is 20.2 Å². The predicted molar refractivity (Wildman–Crippen MR) is 108 cm³/mol. The quantitative estimate of drug-likeness (QED) is 0.343. The molecule has 0 aliphatic carbocycles. The van der Waals surface area contributed by atoms with Crippen LogP contribution in [0, 0.1) is 6.92 Å². The summed E-state index contributed by atoms with van der Waals surface area (Å²) in [5.41, 5.74) is 5.71. The third-order valence-electron chi connectivity index (χ3n) is 4.84. The Balaban J connectivity index is 2.04. The summed E-state index contributed by atoms with van der Waals surface area (Å²) in [4.78, 5) is 0. The van der Waals surface area contributed by atoms with Crippen molar-refractivity contribution in [3.05, 3.63) is 71.8 Å². The molecule has 0 nitrogen and oxygen atoms in total. The second-order valence-electron chi connectivity index (χ2n) is 7.51. The molecule has 0 saturated heterocycles. The molecule has 4 rings (SSSR count). The van der Waals surface area contributed by atoms with Crippen molar-refractivity contribution in [2.24, 2.45) is 0 Å². The number of rotatable bonds is 1. The van der Waals surface area contributed by atoms with Gasteiger partial charge in [-0.05, 0) is 40.7 Å². The van der Waals surface area contributed by atoms with Crippen LogP contribution in [0.1, 0.15) is 31.9 Å². The Morgan fingerprint density at radius 2 is 1.38 bits per heavy atom. The van der Waals surface area contributed by atoms with E-state index in [1.54, 1.807) is 0 Å². The van der Waals surface area contributed by atoms with E-state index < -0.39 is 0 Å². The minimum absolute atomic E-state index is 0.161. The lowest BCUT2D eigenvalue weighted by Gasteiger charge is -2.23. The molecular weight excluding hydrogens is 308 g/mol. The van der Waals surface area contributed by atoms with Gasteiger partial charge in [-0.15, -0.1) is 11.3 Å². The monoisotopic (exact) mass is 330 g/mol. The molecule has 1 aromatic heterocycles. The zero-order chi connectivity index (χ0) is 16.9. The molecule has 1 heterocycles. The first-order valence-electron chi connectivity index (χ1n) is 8.47. The van der Waals surface area contributed by atoms with E-state index in [9.17, 15) is 0 Å². The third-order valence-corrected chi connectivity index (χ3v) is 6.06. The maximum atomic E-state index is 2.29. The van der Waals surface area contributed by atoms with E-state index >= 15 is 0 Å². The van der Waals surface area contributed by atoms with Crippen LogP contribution in [-0.4, -0.2) is 0 Å². The normalized spacial score (nSPS) is 12.2. The molecule has 0 N–H and O–H groups in total. The summed E-state index contributed by atoms with van der Waals surface area (Å²) < 4.78 is 2.76. The van der Waals surface area contributed by atoms with Crippen molar-refractivity contribution >= 4 is 31.5 Å². The lowest BCUT2D eigenvalue weighted by Crippen LogP contribution is -2.13. The molecular formula is C23H22S. The van der Waals surface area contributed by atoms with Gasteiger partial charge < -0.3 is 0 Å². The average molecular weight is 330 g/mol. The van der Waals surface area contributed by atoms with Crippen LogP contribution in [0.4, 0.5) is 0 Å². The largest absolute Gasteiger partial charge is 0.135 e. The highest BCUT2D eigenvalue weighted by molar-refractivity contribution is 7.26. The molecule has 3 aromatic carbocycles. The number of hydrogen-bond acceptors (Lipinski definition) is 1. The van der Waals surface area contributed by atoms with Crippen molar-refractivity contribution in [2.75, 3.05) is 0 Å². The van der Waals surface area contributed by atoms with Gasteiger partial charge in [0.1, 0.15) is 0 Å². The van der Waals surface area contributed by atoms with Crippen molar-refractivity contribution in [1.82, 2.24) is 0 Å². The van der Waals surface area contributed by atoms with Gasteiger partial charge in [-0.25, -0.2) is 0 Å². The zero-order valence-electron chi connectivity index (χ0n) is 14.7. The average Bonchev–Trinajstić information content (AvgIpc) is 2.93. The summed E-state index contributed by atoms with van der Waals surface area (Å²) in [6, 6.07) is 22.2. The molecule has 0 atom stereocenters. The number of fused-ring (bicyclic) bond motifs is 3. The Labute approximate surface area is 147 Å². The van der Waals surface area contributed by atoms with Crippen molar-refractivity contribution in [3.8, 4) is 11.1 Å². The molecule has 0 radical (unpaired) electrons. The van der Waals surface area contributed by atoms with E-state index in [1.165, 1.54) is 42.4 Å². The van der Waals surface area contributed by atoms with Crippen molar-refractivity contribution in [3.63, 3.8) is 0 Å².